The number of nitrogens with zero attached hydrogens (tertiary/aromatic N) is 2. The summed E-state index contributed by atoms with van der Waals surface area (Å²) in [6.45, 7) is 0.697. The second-order valence-electron chi connectivity index (χ2n) is 6.81. The van der Waals surface area contributed by atoms with Crippen molar-refractivity contribution < 1.29 is 14.3 Å². The molecule has 7 heteroatoms. The summed E-state index contributed by atoms with van der Waals surface area (Å²) < 4.78 is 10.6. The van der Waals surface area contributed by atoms with Gasteiger partial charge in [0.2, 0.25) is 0 Å². The molecule has 0 aliphatic carbocycles. The Morgan fingerprint density at radius 2 is 1.83 bits per heavy atom. The van der Waals surface area contributed by atoms with Crippen LogP contribution in [0.15, 0.2) is 53.9 Å². The molecule has 0 saturated heterocycles. The van der Waals surface area contributed by atoms with Crippen molar-refractivity contribution in [3.8, 4) is 22.1 Å². The van der Waals surface area contributed by atoms with Gasteiger partial charge in [0.15, 0.2) is 11.5 Å². The summed E-state index contributed by atoms with van der Waals surface area (Å²) in [5.74, 6) is 1.09. The Labute approximate surface area is 175 Å². The van der Waals surface area contributed by atoms with E-state index in [0.29, 0.717) is 23.7 Å². The summed E-state index contributed by atoms with van der Waals surface area (Å²) in [5.41, 5.74) is 2.34. The Balaban J connectivity index is 1.79. The number of likely N-dealkylation sites (N-methyl/N-ethyl adjacent to an activating group) is 1. The average Bonchev–Trinajstić information content (AvgIpc) is 3.23. The zero-order valence-corrected chi connectivity index (χ0v) is 17.8. The molecule has 0 aliphatic heterocycles. The van der Waals surface area contributed by atoms with Crippen LogP contribution in [-0.2, 0) is 0 Å². The van der Waals surface area contributed by atoms with Crippen molar-refractivity contribution in [3.05, 3.63) is 65.2 Å². The van der Waals surface area contributed by atoms with Crippen LogP contribution in [0.4, 0.5) is 0 Å². The smallest absolute Gasteiger partial charge is 0.271 e. The second-order valence-corrected chi connectivity index (χ2v) is 7.66. The molecular formula is C22H25N3O3S. The molecule has 1 heterocycles. The Bertz CT molecular complexity index is 957. The van der Waals surface area contributed by atoms with E-state index in [9.17, 15) is 4.79 Å². The van der Waals surface area contributed by atoms with Crippen molar-refractivity contribution in [1.82, 2.24) is 15.2 Å². The quantitative estimate of drug-likeness (QED) is 0.610. The lowest BCUT2D eigenvalue weighted by atomic mass is 10.1. The molecule has 0 spiro atoms. The van der Waals surface area contributed by atoms with Crippen LogP contribution < -0.4 is 14.8 Å². The second kappa shape index (κ2) is 9.54. The largest absolute Gasteiger partial charge is 0.493 e. The van der Waals surface area contributed by atoms with Crippen molar-refractivity contribution >= 4 is 17.2 Å². The van der Waals surface area contributed by atoms with Gasteiger partial charge in [0.05, 0.1) is 20.3 Å². The minimum absolute atomic E-state index is 0.120. The number of nitrogens with one attached hydrogen (secondary N) is 1. The number of ether oxygens (including phenoxy) is 2. The Kier molecular flexibility index (Phi) is 6.85. The summed E-state index contributed by atoms with van der Waals surface area (Å²) in [6, 6.07) is 15.4. The van der Waals surface area contributed by atoms with E-state index in [2.05, 4.69) is 10.3 Å². The van der Waals surface area contributed by atoms with E-state index < -0.39 is 0 Å². The van der Waals surface area contributed by atoms with Crippen molar-refractivity contribution in [2.45, 2.75) is 6.04 Å². The van der Waals surface area contributed by atoms with Crippen LogP contribution in [0.3, 0.4) is 0 Å². The van der Waals surface area contributed by atoms with Gasteiger partial charge in [0.1, 0.15) is 10.7 Å². The van der Waals surface area contributed by atoms with Crippen LogP contribution in [0.25, 0.3) is 10.6 Å². The molecule has 3 aromatic rings. The SMILES string of the molecule is COc1ccc(-c2nc(C(=O)N[C@H](CN(C)C)c3ccccc3)cs2)cc1OC. The molecule has 0 aliphatic rings. The Morgan fingerprint density at radius 3 is 2.48 bits per heavy atom. The first-order valence-corrected chi connectivity index (χ1v) is 10.1. The zero-order valence-electron chi connectivity index (χ0n) is 17.0. The maximum absolute atomic E-state index is 12.8. The molecule has 1 aromatic heterocycles. The summed E-state index contributed by atoms with van der Waals surface area (Å²) in [4.78, 5) is 19.4. The summed E-state index contributed by atoms with van der Waals surface area (Å²) >= 11 is 1.42. The fraction of sp³-hybridized carbons (Fsp3) is 0.273. The third kappa shape index (κ3) is 5.13. The topological polar surface area (TPSA) is 63.7 Å². The molecule has 0 unspecified atom stereocenters. The number of aromatic nitrogens is 1. The summed E-state index contributed by atoms with van der Waals surface area (Å²) in [5, 5.41) is 5.63. The lowest BCUT2D eigenvalue weighted by Crippen LogP contribution is -2.35. The van der Waals surface area contributed by atoms with Gasteiger partial charge >= 0.3 is 0 Å². The van der Waals surface area contributed by atoms with Gasteiger partial charge in [-0.05, 0) is 37.9 Å². The minimum atomic E-state index is -0.191. The van der Waals surface area contributed by atoms with Gasteiger partial charge in [0, 0.05) is 17.5 Å². The van der Waals surface area contributed by atoms with Crippen LogP contribution in [0, 0.1) is 0 Å². The molecule has 0 bridgehead atoms. The third-order valence-electron chi connectivity index (χ3n) is 4.42. The maximum atomic E-state index is 12.8. The van der Waals surface area contributed by atoms with Crippen LogP contribution in [0.1, 0.15) is 22.1 Å². The molecule has 1 amide bonds. The minimum Gasteiger partial charge on any atom is -0.493 e. The van der Waals surface area contributed by atoms with E-state index in [4.69, 9.17) is 9.47 Å². The van der Waals surface area contributed by atoms with Crippen LogP contribution >= 0.6 is 11.3 Å². The molecule has 3 rings (SSSR count). The monoisotopic (exact) mass is 411 g/mol. The molecule has 2 aromatic carbocycles. The Hall–Kier alpha value is -2.90. The number of benzene rings is 2. The highest BCUT2D eigenvalue weighted by Crippen LogP contribution is 2.33. The number of methoxy groups -OCH3 is 2. The lowest BCUT2D eigenvalue weighted by molar-refractivity contribution is 0.0925. The fourth-order valence-corrected chi connectivity index (χ4v) is 3.79. The summed E-state index contributed by atoms with van der Waals surface area (Å²) in [7, 11) is 7.16. The van der Waals surface area contributed by atoms with E-state index in [1.807, 2.05) is 67.5 Å². The first-order chi connectivity index (χ1) is 14.0. The number of thiazole rings is 1. The van der Waals surface area contributed by atoms with Gasteiger partial charge in [-0.25, -0.2) is 4.98 Å². The number of rotatable bonds is 8. The number of carbonyl (C=O) groups is 1. The van der Waals surface area contributed by atoms with Crippen LogP contribution in [0.5, 0.6) is 11.5 Å². The maximum Gasteiger partial charge on any atom is 0.271 e. The first kappa shape index (κ1) is 20.8. The van der Waals surface area contributed by atoms with E-state index in [-0.39, 0.29) is 11.9 Å². The predicted octanol–water partition coefficient (Wildman–Crippen LogP) is 3.86. The molecular weight excluding hydrogens is 386 g/mol. The Morgan fingerprint density at radius 1 is 1.10 bits per heavy atom. The lowest BCUT2D eigenvalue weighted by Gasteiger charge is -2.22. The first-order valence-electron chi connectivity index (χ1n) is 9.20. The number of hydrogen-bond donors (Lipinski definition) is 1. The van der Waals surface area contributed by atoms with Gasteiger partial charge in [-0.1, -0.05) is 30.3 Å². The van der Waals surface area contributed by atoms with Crippen molar-refractivity contribution in [2.75, 3.05) is 34.9 Å². The van der Waals surface area contributed by atoms with Crippen LogP contribution in [0.2, 0.25) is 0 Å². The number of carbonyl (C=O) groups excluding carboxylic acids is 1. The molecule has 1 atom stereocenters. The van der Waals surface area contributed by atoms with Crippen molar-refractivity contribution in [2.24, 2.45) is 0 Å². The van der Waals surface area contributed by atoms with Gasteiger partial charge < -0.3 is 19.7 Å². The predicted molar refractivity (Wildman–Crippen MR) is 116 cm³/mol. The molecule has 0 radical (unpaired) electrons. The van der Waals surface area contributed by atoms with E-state index >= 15 is 0 Å². The standard InChI is InChI=1S/C22H25N3O3S/c1-25(2)13-17(15-8-6-5-7-9-15)23-21(26)18-14-29-22(24-18)16-10-11-19(27-3)20(12-16)28-4/h5-12,14,17H,13H2,1-4H3,(H,23,26)/t17-/m1/s1. The van der Waals surface area contributed by atoms with E-state index in [1.54, 1.807) is 19.6 Å². The molecule has 0 fully saturated rings. The van der Waals surface area contributed by atoms with Gasteiger partial charge in [-0.3, -0.25) is 4.79 Å². The summed E-state index contributed by atoms with van der Waals surface area (Å²) in [6.07, 6.45) is 0. The molecule has 29 heavy (non-hydrogen) atoms. The number of hydrogen-bond acceptors (Lipinski definition) is 6. The fourth-order valence-electron chi connectivity index (χ4n) is 3.00. The van der Waals surface area contributed by atoms with Crippen molar-refractivity contribution in [3.63, 3.8) is 0 Å². The highest BCUT2D eigenvalue weighted by molar-refractivity contribution is 7.13. The molecule has 0 saturated carbocycles. The zero-order chi connectivity index (χ0) is 20.8. The third-order valence-corrected chi connectivity index (χ3v) is 5.31. The average molecular weight is 412 g/mol. The molecule has 1 N–H and O–H groups in total. The van der Waals surface area contributed by atoms with E-state index in [0.717, 1.165) is 16.1 Å². The van der Waals surface area contributed by atoms with E-state index in [1.165, 1.54) is 11.3 Å². The van der Waals surface area contributed by atoms with Gasteiger partial charge in [-0.15, -0.1) is 11.3 Å². The molecule has 152 valence electrons. The highest BCUT2D eigenvalue weighted by atomic mass is 32.1. The van der Waals surface area contributed by atoms with Gasteiger partial charge in [0.25, 0.3) is 5.91 Å². The van der Waals surface area contributed by atoms with Gasteiger partial charge in [-0.2, -0.15) is 0 Å². The van der Waals surface area contributed by atoms with Crippen LogP contribution in [-0.4, -0.2) is 50.7 Å². The van der Waals surface area contributed by atoms with Crippen molar-refractivity contribution in [1.29, 1.82) is 0 Å². The highest BCUT2D eigenvalue weighted by Gasteiger charge is 2.19. The molecule has 6 nitrogen and oxygen atoms in total. The number of amides is 1. The normalized spacial score (nSPS) is 11.9.